The SMILES string of the molecule is CCc1ccc(C(NC)C(C)SCCCO)cc1. The van der Waals surface area contributed by atoms with Crippen LogP contribution in [0.5, 0.6) is 0 Å². The fourth-order valence-electron chi connectivity index (χ4n) is 2.06. The highest BCUT2D eigenvalue weighted by Crippen LogP contribution is 2.26. The molecule has 2 N–H and O–H groups in total. The van der Waals surface area contributed by atoms with Crippen molar-refractivity contribution in [2.45, 2.75) is 38.0 Å². The Morgan fingerprint density at radius 1 is 1.28 bits per heavy atom. The molecule has 0 aromatic heterocycles. The monoisotopic (exact) mass is 267 g/mol. The summed E-state index contributed by atoms with van der Waals surface area (Å²) in [5.41, 5.74) is 2.73. The first-order chi connectivity index (χ1) is 8.72. The average Bonchev–Trinajstić information content (AvgIpc) is 2.41. The van der Waals surface area contributed by atoms with Crippen LogP contribution in [-0.4, -0.2) is 29.8 Å². The van der Waals surface area contributed by atoms with Gasteiger partial charge in [-0.3, -0.25) is 0 Å². The summed E-state index contributed by atoms with van der Waals surface area (Å²) in [6.45, 7) is 4.71. The van der Waals surface area contributed by atoms with Crippen LogP contribution in [0.3, 0.4) is 0 Å². The summed E-state index contributed by atoms with van der Waals surface area (Å²) in [6.07, 6.45) is 1.96. The van der Waals surface area contributed by atoms with Crippen molar-refractivity contribution in [1.29, 1.82) is 0 Å². The second-order valence-electron chi connectivity index (χ2n) is 4.51. The highest BCUT2D eigenvalue weighted by molar-refractivity contribution is 7.99. The molecule has 0 saturated carbocycles. The molecule has 0 aliphatic heterocycles. The van der Waals surface area contributed by atoms with Gasteiger partial charge in [0, 0.05) is 17.9 Å². The third-order valence-corrected chi connectivity index (χ3v) is 4.53. The van der Waals surface area contributed by atoms with Crippen molar-refractivity contribution in [2.24, 2.45) is 0 Å². The normalized spacial score (nSPS) is 14.4. The molecule has 0 spiro atoms. The topological polar surface area (TPSA) is 32.3 Å². The summed E-state index contributed by atoms with van der Waals surface area (Å²) in [5, 5.41) is 12.7. The van der Waals surface area contributed by atoms with Gasteiger partial charge in [-0.1, -0.05) is 38.1 Å². The van der Waals surface area contributed by atoms with Gasteiger partial charge in [0.05, 0.1) is 0 Å². The standard InChI is InChI=1S/C15H25NOS/c1-4-13-6-8-14(9-7-13)15(16-3)12(2)18-11-5-10-17/h6-9,12,15-17H,4-5,10-11H2,1-3H3. The fourth-order valence-corrected chi connectivity index (χ4v) is 3.22. The van der Waals surface area contributed by atoms with Crippen LogP contribution in [0.2, 0.25) is 0 Å². The summed E-state index contributed by atoms with van der Waals surface area (Å²) in [6, 6.07) is 9.25. The van der Waals surface area contributed by atoms with Crippen molar-refractivity contribution in [3.05, 3.63) is 35.4 Å². The smallest absolute Gasteiger partial charge is 0.0438 e. The van der Waals surface area contributed by atoms with Gasteiger partial charge < -0.3 is 10.4 Å². The molecule has 18 heavy (non-hydrogen) atoms. The van der Waals surface area contributed by atoms with Gasteiger partial charge in [-0.2, -0.15) is 11.8 Å². The van der Waals surface area contributed by atoms with Crippen LogP contribution in [-0.2, 0) is 6.42 Å². The van der Waals surface area contributed by atoms with Crippen molar-refractivity contribution in [1.82, 2.24) is 5.32 Å². The van der Waals surface area contributed by atoms with E-state index in [1.807, 2.05) is 18.8 Å². The molecule has 1 aromatic carbocycles. The quantitative estimate of drug-likeness (QED) is 0.710. The molecule has 1 aromatic rings. The number of nitrogens with one attached hydrogen (secondary N) is 1. The van der Waals surface area contributed by atoms with Gasteiger partial charge in [-0.15, -0.1) is 0 Å². The Labute approximate surface area is 115 Å². The molecule has 1 rings (SSSR count). The molecule has 0 fully saturated rings. The first-order valence-corrected chi connectivity index (χ1v) is 7.76. The van der Waals surface area contributed by atoms with E-state index in [2.05, 4.69) is 43.4 Å². The lowest BCUT2D eigenvalue weighted by Crippen LogP contribution is -2.25. The van der Waals surface area contributed by atoms with E-state index in [1.54, 1.807) is 0 Å². The Balaban J connectivity index is 2.62. The number of aryl methyl sites for hydroxylation is 1. The Kier molecular flexibility index (Phi) is 7.40. The molecule has 0 radical (unpaired) electrons. The van der Waals surface area contributed by atoms with Crippen molar-refractivity contribution in [2.75, 3.05) is 19.4 Å². The van der Waals surface area contributed by atoms with Crippen LogP contribution < -0.4 is 5.32 Å². The first kappa shape index (κ1) is 15.5. The van der Waals surface area contributed by atoms with E-state index >= 15 is 0 Å². The summed E-state index contributed by atoms with van der Waals surface area (Å²) in [5.74, 6) is 1.02. The number of aliphatic hydroxyl groups is 1. The van der Waals surface area contributed by atoms with Gasteiger partial charge in [0.2, 0.25) is 0 Å². The van der Waals surface area contributed by atoms with Crippen LogP contribution in [0.15, 0.2) is 24.3 Å². The summed E-state index contributed by atoms with van der Waals surface area (Å²) < 4.78 is 0. The zero-order valence-corrected chi connectivity index (χ0v) is 12.5. The minimum absolute atomic E-state index is 0.287. The van der Waals surface area contributed by atoms with E-state index in [1.165, 1.54) is 11.1 Å². The maximum Gasteiger partial charge on any atom is 0.0438 e. The Morgan fingerprint density at radius 2 is 1.94 bits per heavy atom. The van der Waals surface area contributed by atoms with Gasteiger partial charge in [0.15, 0.2) is 0 Å². The molecule has 0 bridgehead atoms. The number of hydrogen-bond donors (Lipinski definition) is 2. The molecule has 0 saturated heterocycles. The van der Waals surface area contributed by atoms with E-state index in [0.717, 1.165) is 18.6 Å². The first-order valence-electron chi connectivity index (χ1n) is 6.71. The zero-order valence-electron chi connectivity index (χ0n) is 11.6. The summed E-state index contributed by atoms with van der Waals surface area (Å²) >= 11 is 1.92. The van der Waals surface area contributed by atoms with Gasteiger partial charge in [0.1, 0.15) is 0 Å². The molecular weight excluding hydrogens is 242 g/mol. The number of benzene rings is 1. The van der Waals surface area contributed by atoms with E-state index in [9.17, 15) is 0 Å². The molecule has 0 aliphatic carbocycles. The fraction of sp³-hybridized carbons (Fsp3) is 0.600. The number of aliphatic hydroxyl groups excluding tert-OH is 1. The number of hydrogen-bond acceptors (Lipinski definition) is 3. The van der Waals surface area contributed by atoms with E-state index in [0.29, 0.717) is 11.3 Å². The number of thioether (sulfide) groups is 1. The van der Waals surface area contributed by atoms with Crippen LogP contribution in [0.4, 0.5) is 0 Å². The van der Waals surface area contributed by atoms with E-state index in [-0.39, 0.29) is 6.61 Å². The van der Waals surface area contributed by atoms with E-state index in [4.69, 9.17) is 5.11 Å². The molecule has 2 unspecified atom stereocenters. The highest BCUT2D eigenvalue weighted by Gasteiger charge is 2.17. The second-order valence-corrected chi connectivity index (χ2v) is 6.00. The molecule has 102 valence electrons. The number of rotatable bonds is 8. The lowest BCUT2D eigenvalue weighted by atomic mass is 10.0. The molecule has 2 nitrogen and oxygen atoms in total. The Bertz CT molecular complexity index is 326. The molecular formula is C15H25NOS. The Morgan fingerprint density at radius 3 is 2.44 bits per heavy atom. The predicted molar refractivity (Wildman–Crippen MR) is 81.2 cm³/mol. The van der Waals surface area contributed by atoms with Crippen LogP contribution in [0, 0.1) is 0 Å². The molecule has 3 heteroatoms. The average molecular weight is 267 g/mol. The van der Waals surface area contributed by atoms with Crippen molar-refractivity contribution in [3.8, 4) is 0 Å². The van der Waals surface area contributed by atoms with Crippen LogP contribution in [0.25, 0.3) is 0 Å². The lowest BCUT2D eigenvalue weighted by Gasteiger charge is -2.24. The minimum atomic E-state index is 0.287. The third-order valence-electron chi connectivity index (χ3n) is 3.21. The maximum absolute atomic E-state index is 8.82. The van der Waals surface area contributed by atoms with E-state index < -0.39 is 0 Å². The van der Waals surface area contributed by atoms with Gasteiger partial charge in [-0.25, -0.2) is 0 Å². The lowest BCUT2D eigenvalue weighted by molar-refractivity contribution is 0.296. The van der Waals surface area contributed by atoms with Crippen molar-refractivity contribution < 1.29 is 5.11 Å². The van der Waals surface area contributed by atoms with Gasteiger partial charge >= 0.3 is 0 Å². The zero-order chi connectivity index (χ0) is 13.4. The largest absolute Gasteiger partial charge is 0.396 e. The minimum Gasteiger partial charge on any atom is -0.396 e. The van der Waals surface area contributed by atoms with Gasteiger partial charge in [0.25, 0.3) is 0 Å². The van der Waals surface area contributed by atoms with Crippen LogP contribution >= 0.6 is 11.8 Å². The summed E-state index contributed by atoms with van der Waals surface area (Å²) in [7, 11) is 2.02. The third kappa shape index (κ3) is 4.63. The van der Waals surface area contributed by atoms with Crippen LogP contribution in [0.1, 0.15) is 37.4 Å². The molecule has 0 aliphatic rings. The second kappa shape index (κ2) is 8.57. The molecule has 2 atom stereocenters. The predicted octanol–water partition coefficient (Wildman–Crippen LogP) is 3.01. The summed E-state index contributed by atoms with van der Waals surface area (Å²) in [4.78, 5) is 0. The Hall–Kier alpha value is -0.510. The van der Waals surface area contributed by atoms with Crippen molar-refractivity contribution >= 4 is 11.8 Å². The molecule has 0 amide bonds. The van der Waals surface area contributed by atoms with Gasteiger partial charge in [-0.05, 0) is 36.8 Å². The molecule has 0 heterocycles. The highest BCUT2D eigenvalue weighted by atomic mass is 32.2. The van der Waals surface area contributed by atoms with Crippen molar-refractivity contribution in [3.63, 3.8) is 0 Å². The maximum atomic E-state index is 8.82.